The maximum atomic E-state index is 14.1. The Balaban J connectivity index is 1.52. The summed E-state index contributed by atoms with van der Waals surface area (Å²) in [6.07, 6.45) is 3.54. The minimum atomic E-state index is -0.613. The minimum absolute atomic E-state index is 0.0357. The molecule has 1 heterocycles. The molecule has 0 spiro atoms. The van der Waals surface area contributed by atoms with Gasteiger partial charge >= 0.3 is 0 Å². The van der Waals surface area contributed by atoms with Crippen molar-refractivity contribution in [3.8, 4) is 11.1 Å². The average molecular weight is 450 g/mol. The molecule has 1 saturated heterocycles. The van der Waals surface area contributed by atoms with Gasteiger partial charge in [-0.1, -0.05) is 42.5 Å². The molecule has 0 aromatic heterocycles. The third-order valence-electron chi connectivity index (χ3n) is 6.74. The number of carbonyl (C=O) groups excluding carboxylic acids is 1. The maximum absolute atomic E-state index is 14.1. The lowest BCUT2D eigenvalue weighted by atomic mass is 9.70. The van der Waals surface area contributed by atoms with Crippen LogP contribution in [0.25, 0.3) is 11.1 Å². The van der Waals surface area contributed by atoms with Crippen LogP contribution >= 0.6 is 0 Å². The van der Waals surface area contributed by atoms with E-state index in [9.17, 15) is 18.0 Å². The van der Waals surface area contributed by atoms with E-state index in [0.717, 1.165) is 23.6 Å². The number of hydrogen-bond donors (Lipinski definition) is 0. The highest BCUT2D eigenvalue weighted by Crippen LogP contribution is 2.41. The number of benzene rings is 3. The Bertz CT molecular complexity index is 1160. The molecule has 0 aliphatic carbocycles. The van der Waals surface area contributed by atoms with Gasteiger partial charge in [0, 0.05) is 30.0 Å². The predicted octanol–water partition coefficient (Wildman–Crippen LogP) is 6.97. The monoisotopic (exact) mass is 449 g/mol. The summed E-state index contributed by atoms with van der Waals surface area (Å²) in [5.74, 6) is -1.48. The first-order valence-corrected chi connectivity index (χ1v) is 11.0. The average Bonchev–Trinajstić information content (AvgIpc) is 2.79. The van der Waals surface area contributed by atoms with Crippen molar-refractivity contribution in [2.45, 2.75) is 37.6 Å². The van der Waals surface area contributed by atoms with E-state index in [0.29, 0.717) is 30.5 Å². The third kappa shape index (κ3) is 4.58. The van der Waals surface area contributed by atoms with Gasteiger partial charge in [-0.25, -0.2) is 13.2 Å². The molecular weight excluding hydrogens is 423 g/mol. The fourth-order valence-electron chi connectivity index (χ4n) is 4.81. The molecule has 3 aromatic carbocycles. The van der Waals surface area contributed by atoms with E-state index in [-0.39, 0.29) is 23.2 Å². The molecule has 1 aliphatic rings. The summed E-state index contributed by atoms with van der Waals surface area (Å²) in [7, 11) is 0. The molecule has 4 rings (SSSR count). The molecule has 0 unspecified atom stereocenters. The molecule has 0 radical (unpaired) electrons. The molecule has 2 nitrogen and oxygen atoms in total. The smallest absolute Gasteiger partial charge is 0.223 e. The maximum Gasteiger partial charge on any atom is 0.223 e. The Hall–Kier alpha value is -3.34. The third-order valence-corrected chi connectivity index (χ3v) is 6.74. The van der Waals surface area contributed by atoms with Crippen LogP contribution in [0.15, 0.2) is 79.4 Å². The zero-order valence-electron chi connectivity index (χ0n) is 18.5. The highest BCUT2D eigenvalue weighted by molar-refractivity contribution is 5.79. The highest BCUT2D eigenvalue weighted by atomic mass is 19.1. The van der Waals surface area contributed by atoms with Crippen LogP contribution in [0.2, 0.25) is 0 Å². The Morgan fingerprint density at radius 1 is 1.00 bits per heavy atom. The largest absolute Gasteiger partial charge is 0.336 e. The standard InChI is InChI=1S/C28H26F3NO/c1-3-14-28(22-8-10-23(29)11-9-22)15-16-32(27(33)18-28)19(2)20-4-6-21(7-5-20)25-13-12-24(30)17-26(25)31/h3-13,17,19H,1,14-16,18H2,2H3/t19-,28-/m0/s1. The van der Waals surface area contributed by atoms with E-state index in [2.05, 4.69) is 6.58 Å². The molecule has 0 N–H and O–H groups in total. The summed E-state index contributed by atoms with van der Waals surface area (Å²) in [6, 6.07) is 17.1. The van der Waals surface area contributed by atoms with Gasteiger partial charge in [0.1, 0.15) is 17.5 Å². The number of piperidine rings is 1. The SMILES string of the molecule is C=CC[C@]1(c2ccc(F)cc2)CCN([C@@H](C)c2ccc(-c3ccc(F)cc3F)cc2)C(=O)C1. The van der Waals surface area contributed by atoms with Crippen LogP contribution in [0.4, 0.5) is 13.2 Å². The van der Waals surface area contributed by atoms with E-state index in [1.54, 1.807) is 24.3 Å². The number of hydrogen-bond acceptors (Lipinski definition) is 1. The van der Waals surface area contributed by atoms with Gasteiger partial charge in [-0.15, -0.1) is 6.58 Å². The summed E-state index contributed by atoms with van der Waals surface area (Å²) >= 11 is 0. The van der Waals surface area contributed by atoms with E-state index in [1.807, 2.05) is 30.0 Å². The molecular formula is C28H26F3NO. The lowest BCUT2D eigenvalue weighted by Crippen LogP contribution is -2.47. The topological polar surface area (TPSA) is 20.3 Å². The van der Waals surface area contributed by atoms with Gasteiger partial charge in [-0.05, 0) is 60.7 Å². The van der Waals surface area contributed by atoms with Crippen LogP contribution in [0.1, 0.15) is 43.4 Å². The Morgan fingerprint density at radius 3 is 2.27 bits per heavy atom. The molecule has 3 aromatic rings. The molecule has 33 heavy (non-hydrogen) atoms. The van der Waals surface area contributed by atoms with Crippen LogP contribution in [0.3, 0.4) is 0 Å². The lowest BCUT2D eigenvalue weighted by molar-refractivity contribution is -0.138. The van der Waals surface area contributed by atoms with Gasteiger partial charge in [0.05, 0.1) is 6.04 Å². The summed E-state index contributed by atoms with van der Waals surface area (Å²) < 4.78 is 40.8. The number of likely N-dealkylation sites (tertiary alicyclic amines) is 1. The normalized spacial score (nSPS) is 19.4. The fourth-order valence-corrected chi connectivity index (χ4v) is 4.81. The molecule has 1 fully saturated rings. The van der Waals surface area contributed by atoms with Gasteiger partial charge < -0.3 is 4.90 Å². The molecule has 1 amide bonds. The Labute approximate surface area is 192 Å². The minimum Gasteiger partial charge on any atom is -0.336 e. The van der Waals surface area contributed by atoms with Crippen molar-refractivity contribution in [1.29, 1.82) is 0 Å². The Kier molecular flexibility index (Phi) is 6.41. The molecule has 170 valence electrons. The second-order valence-electron chi connectivity index (χ2n) is 8.72. The van der Waals surface area contributed by atoms with Crippen molar-refractivity contribution in [2.75, 3.05) is 6.54 Å². The lowest BCUT2D eigenvalue weighted by Gasteiger charge is -2.43. The van der Waals surface area contributed by atoms with Gasteiger partial charge in [0.2, 0.25) is 5.91 Å². The van der Waals surface area contributed by atoms with Crippen LogP contribution in [0.5, 0.6) is 0 Å². The number of amides is 1. The molecule has 2 atom stereocenters. The summed E-state index contributed by atoms with van der Waals surface area (Å²) in [4.78, 5) is 15.1. The molecule has 1 aliphatic heterocycles. The zero-order chi connectivity index (χ0) is 23.6. The van der Waals surface area contributed by atoms with Crippen molar-refractivity contribution in [2.24, 2.45) is 0 Å². The highest BCUT2D eigenvalue weighted by Gasteiger charge is 2.40. The first kappa shape index (κ1) is 22.8. The van der Waals surface area contributed by atoms with Crippen LogP contribution < -0.4 is 0 Å². The van der Waals surface area contributed by atoms with Gasteiger partial charge in [0.25, 0.3) is 0 Å². The number of nitrogens with zero attached hydrogens (tertiary/aromatic N) is 1. The fraction of sp³-hybridized carbons (Fsp3) is 0.250. The van der Waals surface area contributed by atoms with E-state index in [1.165, 1.54) is 24.3 Å². The van der Waals surface area contributed by atoms with Crippen molar-refractivity contribution < 1.29 is 18.0 Å². The van der Waals surface area contributed by atoms with Crippen molar-refractivity contribution in [3.05, 3.63) is 108 Å². The number of carbonyl (C=O) groups is 1. The predicted molar refractivity (Wildman–Crippen MR) is 124 cm³/mol. The van der Waals surface area contributed by atoms with E-state index < -0.39 is 11.6 Å². The van der Waals surface area contributed by atoms with Crippen molar-refractivity contribution in [1.82, 2.24) is 4.90 Å². The molecule has 0 saturated carbocycles. The number of halogens is 3. The van der Waals surface area contributed by atoms with Crippen molar-refractivity contribution >= 4 is 5.91 Å². The summed E-state index contributed by atoms with van der Waals surface area (Å²) in [6.45, 7) is 6.41. The first-order valence-electron chi connectivity index (χ1n) is 11.0. The first-order chi connectivity index (χ1) is 15.8. The van der Waals surface area contributed by atoms with Crippen LogP contribution in [-0.2, 0) is 10.2 Å². The van der Waals surface area contributed by atoms with Gasteiger partial charge in [-0.2, -0.15) is 0 Å². The summed E-state index contributed by atoms with van der Waals surface area (Å²) in [5, 5.41) is 0. The molecule has 5 heteroatoms. The van der Waals surface area contributed by atoms with Crippen LogP contribution in [-0.4, -0.2) is 17.4 Å². The second-order valence-corrected chi connectivity index (χ2v) is 8.72. The number of allylic oxidation sites excluding steroid dienone is 1. The number of rotatable bonds is 6. The molecule has 0 bridgehead atoms. The quantitative estimate of drug-likeness (QED) is 0.372. The Morgan fingerprint density at radius 2 is 1.67 bits per heavy atom. The van der Waals surface area contributed by atoms with E-state index in [4.69, 9.17) is 0 Å². The van der Waals surface area contributed by atoms with Gasteiger partial charge in [-0.3, -0.25) is 4.79 Å². The van der Waals surface area contributed by atoms with Crippen LogP contribution in [0, 0.1) is 17.5 Å². The summed E-state index contributed by atoms with van der Waals surface area (Å²) in [5.41, 5.74) is 2.49. The second kappa shape index (κ2) is 9.26. The van der Waals surface area contributed by atoms with Gasteiger partial charge in [0.15, 0.2) is 0 Å². The van der Waals surface area contributed by atoms with Crippen molar-refractivity contribution in [3.63, 3.8) is 0 Å². The zero-order valence-corrected chi connectivity index (χ0v) is 18.5. The van der Waals surface area contributed by atoms with E-state index >= 15 is 0 Å².